The van der Waals surface area contributed by atoms with Crippen LogP contribution < -0.4 is 5.73 Å². The van der Waals surface area contributed by atoms with Crippen LogP contribution in [0.2, 0.25) is 0 Å². The summed E-state index contributed by atoms with van der Waals surface area (Å²) in [6, 6.07) is 0.501. The van der Waals surface area contributed by atoms with Crippen molar-refractivity contribution >= 4 is 0 Å². The van der Waals surface area contributed by atoms with Crippen molar-refractivity contribution in [1.82, 2.24) is 4.90 Å². The van der Waals surface area contributed by atoms with Gasteiger partial charge in [0.05, 0.1) is 13.2 Å². The highest BCUT2D eigenvalue weighted by Gasteiger charge is 2.26. The van der Waals surface area contributed by atoms with E-state index < -0.39 is 0 Å². The lowest BCUT2D eigenvalue weighted by Crippen LogP contribution is -2.54. The lowest BCUT2D eigenvalue weighted by molar-refractivity contribution is 0.0445. The summed E-state index contributed by atoms with van der Waals surface area (Å²) in [4.78, 5) is 2.28. The van der Waals surface area contributed by atoms with Gasteiger partial charge in [0.2, 0.25) is 0 Å². The first-order valence-corrected chi connectivity index (χ1v) is 6.73. The fourth-order valence-corrected chi connectivity index (χ4v) is 2.16. The first kappa shape index (κ1) is 16.8. The zero-order chi connectivity index (χ0) is 13.3. The average Bonchev–Trinajstić information content (AvgIpc) is 2.33. The SMILES string of the molecule is CCCC(N)C(CO)N(CCOC)C(C)CC. The van der Waals surface area contributed by atoms with E-state index in [-0.39, 0.29) is 18.7 Å². The predicted molar refractivity (Wildman–Crippen MR) is 72.1 cm³/mol. The van der Waals surface area contributed by atoms with Gasteiger partial charge < -0.3 is 15.6 Å². The summed E-state index contributed by atoms with van der Waals surface area (Å²) in [5.74, 6) is 0. The topological polar surface area (TPSA) is 58.7 Å². The van der Waals surface area contributed by atoms with Crippen molar-refractivity contribution in [3.05, 3.63) is 0 Å². The van der Waals surface area contributed by atoms with Crippen molar-refractivity contribution < 1.29 is 9.84 Å². The minimum Gasteiger partial charge on any atom is -0.395 e. The minimum atomic E-state index is 0.0378. The molecule has 0 saturated carbocycles. The molecule has 17 heavy (non-hydrogen) atoms. The largest absolute Gasteiger partial charge is 0.395 e. The second-order valence-electron chi connectivity index (χ2n) is 4.69. The lowest BCUT2D eigenvalue weighted by Gasteiger charge is -2.38. The molecule has 0 spiro atoms. The molecule has 0 heterocycles. The molecule has 0 rings (SSSR count). The van der Waals surface area contributed by atoms with Crippen molar-refractivity contribution in [2.45, 2.75) is 58.2 Å². The zero-order valence-corrected chi connectivity index (χ0v) is 11.9. The molecule has 0 aliphatic heterocycles. The zero-order valence-electron chi connectivity index (χ0n) is 11.9. The number of hydrogen-bond donors (Lipinski definition) is 2. The van der Waals surface area contributed by atoms with E-state index in [1.165, 1.54) is 0 Å². The van der Waals surface area contributed by atoms with Crippen LogP contribution in [-0.2, 0) is 4.74 Å². The summed E-state index contributed by atoms with van der Waals surface area (Å²) >= 11 is 0. The predicted octanol–water partition coefficient (Wildman–Crippen LogP) is 1.22. The Kier molecular flexibility index (Phi) is 9.74. The van der Waals surface area contributed by atoms with Crippen LogP contribution in [0.3, 0.4) is 0 Å². The Bertz CT molecular complexity index is 179. The van der Waals surface area contributed by atoms with Crippen LogP contribution in [0.4, 0.5) is 0 Å². The molecule has 0 saturated heterocycles. The molecule has 0 radical (unpaired) electrons. The van der Waals surface area contributed by atoms with Gasteiger partial charge in [-0.3, -0.25) is 4.90 Å². The third kappa shape index (κ3) is 5.82. The van der Waals surface area contributed by atoms with E-state index in [1.54, 1.807) is 7.11 Å². The van der Waals surface area contributed by atoms with E-state index in [4.69, 9.17) is 10.5 Å². The van der Waals surface area contributed by atoms with Crippen molar-refractivity contribution in [2.24, 2.45) is 5.73 Å². The first-order valence-electron chi connectivity index (χ1n) is 6.73. The molecular formula is C13H30N2O2. The Morgan fingerprint density at radius 1 is 1.35 bits per heavy atom. The highest BCUT2D eigenvalue weighted by atomic mass is 16.5. The Morgan fingerprint density at radius 2 is 2.00 bits per heavy atom. The highest BCUT2D eigenvalue weighted by Crippen LogP contribution is 2.13. The van der Waals surface area contributed by atoms with E-state index >= 15 is 0 Å². The number of aliphatic hydroxyl groups is 1. The van der Waals surface area contributed by atoms with Gasteiger partial charge in [0, 0.05) is 31.8 Å². The van der Waals surface area contributed by atoms with E-state index in [0.29, 0.717) is 12.6 Å². The second kappa shape index (κ2) is 9.83. The van der Waals surface area contributed by atoms with E-state index in [9.17, 15) is 5.11 Å². The van der Waals surface area contributed by atoms with Crippen molar-refractivity contribution in [3.63, 3.8) is 0 Å². The number of hydrogen-bond acceptors (Lipinski definition) is 4. The number of nitrogens with zero attached hydrogens (tertiary/aromatic N) is 1. The maximum absolute atomic E-state index is 9.57. The summed E-state index contributed by atoms with van der Waals surface area (Å²) in [5.41, 5.74) is 6.16. The molecule has 3 atom stereocenters. The number of ether oxygens (including phenoxy) is 1. The van der Waals surface area contributed by atoms with Gasteiger partial charge >= 0.3 is 0 Å². The Labute approximate surface area is 106 Å². The van der Waals surface area contributed by atoms with Crippen molar-refractivity contribution in [1.29, 1.82) is 0 Å². The molecule has 0 aliphatic carbocycles. The normalized spacial score (nSPS) is 17.1. The fourth-order valence-electron chi connectivity index (χ4n) is 2.16. The smallest absolute Gasteiger partial charge is 0.0602 e. The van der Waals surface area contributed by atoms with E-state index in [0.717, 1.165) is 25.8 Å². The minimum absolute atomic E-state index is 0.0378. The summed E-state index contributed by atoms with van der Waals surface area (Å²) in [6.45, 7) is 8.08. The maximum Gasteiger partial charge on any atom is 0.0602 e. The van der Waals surface area contributed by atoms with Crippen LogP contribution in [0.5, 0.6) is 0 Å². The Hall–Kier alpha value is -0.160. The van der Waals surface area contributed by atoms with E-state index in [2.05, 4.69) is 25.7 Å². The monoisotopic (exact) mass is 246 g/mol. The van der Waals surface area contributed by atoms with Gasteiger partial charge in [-0.15, -0.1) is 0 Å². The molecule has 0 amide bonds. The first-order chi connectivity index (χ1) is 8.12. The van der Waals surface area contributed by atoms with Crippen LogP contribution in [0.25, 0.3) is 0 Å². The van der Waals surface area contributed by atoms with Crippen LogP contribution >= 0.6 is 0 Å². The van der Waals surface area contributed by atoms with Crippen LogP contribution in [-0.4, -0.2) is 55.0 Å². The van der Waals surface area contributed by atoms with Crippen LogP contribution in [0.15, 0.2) is 0 Å². The Balaban J connectivity index is 4.58. The quantitative estimate of drug-likeness (QED) is 0.608. The molecule has 0 aromatic heterocycles. The molecule has 0 aromatic rings. The highest BCUT2D eigenvalue weighted by molar-refractivity contribution is 4.84. The van der Waals surface area contributed by atoms with Gasteiger partial charge in [0.25, 0.3) is 0 Å². The van der Waals surface area contributed by atoms with Gasteiger partial charge in [-0.25, -0.2) is 0 Å². The van der Waals surface area contributed by atoms with Gasteiger partial charge in [-0.1, -0.05) is 20.3 Å². The van der Waals surface area contributed by atoms with E-state index in [1.807, 2.05) is 0 Å². The molecule has 0 aromatic carbocycles. The summed E-state index contributed by atoms with van der Waals surface area (Å²) < 4.78 is 5.14. The Morgan fingerprint density at radius 3 is 2.41 bits per heavy atom. The molecule has 104 valence electrons. The van der Waals surface area contributed by atoms with Crippen molar-refractivity contribution in [3.8, 4) is 0 Å². The maximum atomic E-state index is 9.57. The molecule has 0 aliphatic rings. The summed E-state index contributed by atoms with van der Waals surface area (Å²) in [6.07, 6.45) is 3.06. The molecule has 3 N–H and O–H groups in total. The lowest BCUT2D eigenvalue weighted by atomic mass is 10.0. The van der Waals surface area contributed by atoms with Gasteiger partial charge in [-0.2, -0.15) is 0 Å². The molecular weight excluding hydrogens is 216 g/mol. The second-order valence-corrected chi connectivity index (χ2v) is 4.69. The molecule has 3 unspecified atom stereocenters. The summed E-state index contributed by atoms with van der Waals surface area (Å²) in [5, 5.41) is 9.57. The number of rotatable bonds is 10. The number of methoxy groups -OCH3 is 1. The average molecular weight is 246 g/mol. The molecule has 4 heteroatoms. The van der Waals surface area contributed by atoms with Crippen LogP contribution in [0, 0.1) is 0 Å². The summed E-state index contributed by atoms with van der Waals surface area (Å²) in [7, 11) is 1.70. The molecule has 0 fully saturated rings. The molecule has 0 bridgehead atoms. The van der Waals surface area contributed by atoms with Crippen LogP contribution in [0.1, 0.15) is 40.0 Å². The number of nitrogens with two attached hydrogens (primary N) is 1. The standard InChI is InChI=1S/C13H30N2O2/c1-5-7-12(14)13(10-16)15(8-9-17-4)11(3)6-2/h11-13,16H,5-10,14H2,1-4H3. The van der Waals surface area contributed by atoms with Crippen molar-refractivity contribution in [2.75, 3.05) is 26.9 Å². The van der Waals surface area contributed by atoms with Gasteiger partial charge in [0.15, 0.2) is 0 Å². The fraction of sp³-hybridized carbons (Fsp3) is 1.00. The third-order valence-electron chi connectivity index (χ3n) is 3.44. The number of aliphatic hydroxyl groups excluding tert-OH is 1. The molecule has 4 nitrogen and oxygen atoms in total. The third-order valence-corrected chi connectivity index (χ3v) is 3.44. The van der Waals surface area contributed by atoms with Gasteiger partial charge in [-0.05, 0) is 19.8 Å². The van der Waals surface area contributed by atoms with Gasteiger partial charge in [0.1, 0.15) is 0 Å².